The van der Waals surface area contributed by atoms with Gasteiger partial charge in [0.1, 0.15) is 0 Å². The summed E-state index contributed by atoms with van der Waals surface area (Å²) in [4.78, 5) is 14.2. The third kappa shape index (κ3) is 6.27. The lowest BCUT2D eigenvalue weighted by atomic mass is 10.1. The summed E-state index contributed by atoms with van der Waals surface area (Å²) >= 11 is 0. The first-order chi connectivity index (χ1) is 10.1. The van der Waals surface area contributed by atoms with Gasteiger partial charge in [-0.15, -0.1) is 0 Å². The molecule has 0 fully saturated rings. The van der Waals surface area contributed by atoms with E-state index in [9.17, 15) is 4.79 Å². The first-order valence-corrected chi connectivity index (χ1v) is 7.86. The van der Waals surface area contributed by atoms with Crippen molar-refractivity contribution in [3.05, 3.63) is 35.4 Å². The summed E-state index contributed by atoms with van der Waals surface area (Å²) in [7, 11) is 0. The molecule has 0 spiro atoms. The average molecular weight is 291 g/mol. The van der Waals surface area contributed by atoms with E-state index in [4.69, 9.17) is 5.73 Å². The van der Waals surface area contributed by atoms with Gasteiger partial charge in [-0.2, -0.15) is 0 Å². The summed E-state index contributed by atoms with van der Waals surface area (Å²) in [6.45, 7) is 10.5. The quantitative estimate of drug-likeness (QED) is 0.733. The van der Waals surface area contributed by atoms with Gasteiger partial charge in [-0.05, 0) is 36.7 Å². The minimum absolute atomic E-state index is 0.0746. The van der Waals surface area contributed by atoms with Gasteiger partial charge in [0.15, 0.2) is 0 Å². The smallest absolute Gasteiger partial charge is 0.220 e. The maximum absolute atomic E-state index is 11.9. The van der Waals surface area contributed by atoms with E-state index in [1.165, 1.54) is 11.1 Å². The molecule has 1 amide bonds. The predicted molar refractivity (Wildman–Crippen MR) is 87.7 cm³/mol. The molecule has 0 radical (unpaired) electrons. The molecule has 0 aliphatic rings. The molecule has 21 heavy (non-hydrogen) atoms. The van der Waals surface area contributed by atoms with E-state index in [1.54, 1.807) is 0 Å². The van der Waals surface area contributed by atoms with Gasteiger partial charge in [-0.1, -0.05) is 45.0 Å². The van der Waals surface area contributed by atoms with Gasteiger partial charge in [-0.3, -0.25) is 9.69 Å². The molecule has 4 nitrogen and oxygen atoms in total. The zero-order chi connectivity index (χ0) is 15.7. The molecule has 1 aromatic rings. The number of carbonyl (C=O) groups is 1. The van der Waals surface area contributed by atoms with Crippen molar-refractivity contribution in [3.63, 3.8) is 0 Å². The SMILES string of the molecule is CCN(CC)Cc1ccccc1CNC(=O)CC(C)CN. The first-order valence-electron chi connectivity index (χ1n) is 7.86. The molecule has 0 aliphatic carbocycles. The Morgan fingerprint density at radius 3 is 2.43 bits per heavy atom. The molecule has 1 unspecified atom stereocenters. The highest BCUT2D eigenvalue weighted by Gasteiger charge is 2.09. The van der Waals surface area contributed by atoms with E-state index in [0.29, 0.717) is 19.5 Å². The van der Waals surface area contributed by atoms with E-state index >= 15 is 0 Å². The van der Waals surface area contributed by atoms with E-state index in [2.05, 4.69) is 42.3 Å². The van der Waals surface area contributed by atoms with Gasteiger partial charge < -0.3 is 11.1 Å². The fourth-order valence-electron chi connectivity index (χ4n) is 2.24. The second-order valence-corrected chi connectivity index (χ2v) is 5.55. The predicted octanol–water partition coefficient (Wildman–Crippen LogP) is 2.13. The topological polar surface area (TPSA) is 58.4 Å². The Hall–Kier alpha value is -1.39. The van der Waals surface area contributed by atoms with E-state index in [0.717, 1.165) is 19.6 Å². The Labute approximate surface area is 128 Å². The molecule has 3 N–H and O–H groups in total. The Morgan fingerprint density at radius 1 is 1.24 bits per heavy atom. The van der Waals surface area contributed by atoms with Crippen LogP contribution in [0.4, 0.5) is 0 Å². The van der Waals surface area contributed by atoms with Crippen LogP contribution in [0.2, 0.25) is 0 Å². The van der Waals surface area contributed by atoms with Gasteiger partial charge in [0.25, 0.3) is 0 Å². The van der Waals surface area contributed by atoms with Crippen molar-refractivity contribution in [3.8, 4) is 0 Å². The van der Waals surface area contributed by atoms with Crippen LogP contribution in [-0.2, 0) is 17.9 Å². The van der Waals surface area contributed by atoms with E-state index < -0.39 is 0 Å². The van der Waals surface area contributed by atoms with Crippen molar-refractivity contribution in [1.29, 1.82) is 0 Å². The second-order valence-electron chi connectivity index (χ2n) is 5.55. The number of amides is 1. The molecular formula is C17H29N3O. The fraction of sp³-hybridized carbons (Fsp3) is 0.588. The number of hydrogen-bond donors (Lipinski definition) is 2. The van der Waals surface area contributed by atoms with Crippen LogP contribution in [0.5, 0.6) is 0 Å². The summed E-state index contributed by atoms with van der Waals surface area (Å²) in [6.07, 6.45) is 0.495. The minimum Gasteiger partial charge on any atom is -0.352 e. The lowest BCUT2D eigenvalue weighted by Crippen LogP contribution is -2.28. The third-order valence-corrected chi connectivity index (χ3v) is 3.82. The normalized spacial score (nSPS) is 12.4. The van der Waals surface area contributed by atoms with Gasteiger partial charge in [0.05, 0.1) is 0 Å². The average Bonchev–Trinajstić information content (AvgIpc) is 2.51. The molecule has 0 heterocycles. The molecule has 0 aromatic heterocycles. The standard InChI is InChI=1S/C17H29N3O/c1-4-20(5-2)13-16-9-7-6-8-15(16)12-19-17(21)10-14(3)11-18/h6-9,14H,4-5,10-13,18H2,1-3H3,(H,19,21). The van der Waals surface area contributed by atoms with Crippen LogP contribution in [0.15, 0.2) is 24.3 Å². The molecular weight excluding hydrogens is 262 g/mol. The molecule has 1 atom stereocenters. The van der Waals surface area contributed by atoms with Crippen molar-refractivity contribution in [1.82, 2.24) is 10.2 Å². The van der Waals surface area contributed by atoms with E-state index in [1.807, 2.05) is 13.0 Å². The van der Waals surface area contributed by atoms with Crippen molar-refractivity contribution in [2.24, 2.45) is 11.7 Å². The molecule has 0 saturated carbocycles. The van der Waals surface area contributed by atoms with Crippen LogP contribution in [0.1, 0.15) is 38.3 Å². The lowest BCUT2D eigenvalue weighted by Gasteiger charge is -2.20. The summed E-state index contributed by atoms with van der Waals surface area (Å²) in [6, 6.07) is 8.31. The number of nitrogens with two attached hydrogens (primary N) is 1. The summed E-state index contributed by atoms with van der Waals surface area (Å²) < 4.78 is 0. The maximum atomic E-state index is 11.9. The first kappa shape index (κ1) is 17.7. The summed E-state index contributed by atoms with van der Waals surface area (Å²) in [5.74, 6) is 0.307. The number of hydrogen-bond acceptors (Lipinski definition) is 3. The van der Waals surface area contributed by atoms with Crippen LogP contribution in [-0.4, -0.2) is 30.4 Å². The fourth-order valence-corrected chi connectivity index (χ4v) is 2.24. The minimum atomic E-state index is 0.0746. The molecule has 4 heteroatoms. The zero-order valence-electron chi connectivity index (χ0n) is 13.6. The number of nitrogens with one attached hydrogen (secondary N) is 1. The van der Waals surface area contributed by atoms with Crippen LogP contribution in [0, 0.1) is 5.92 Å². The van der Waals surface area contributed by atoms with Gasteiger partial charge in [0, 0.05) is 19.5 Å². The van der Waals surface area contributed by atoms with Gasteiger partial charge >= 0.3 is 0 Å². The molecule has 0 bridgehead atoms. The van der Waals surface area contributed by atoms with Crippen LogP contribution < -0.4 is 11.1 Å². The summed E-state index contributed by atoms with van der Waals surface area (Å²) in [5.41, 5.74) is 8.03. The number of rotatable bonds is 9. The monoisotopic (exact) mass is 291 g/mol. The lowest BCUT2D eigenvalue weighted by molar-refractivity contribution is -0.122. The maximum Gasteiger partial charge on any atom is 0.220 e. The molecule has 1 aromatic carbocycles. The Balaban J connectivity index is 2.60. The highest BCUT2D eigenvalue weighted by atomic mass is 16.1. The summed E-state index contributed by atoms with van der Waals surface area (Å²) in [5, 5.41) is 3.00. The van der Waals surface area contributed by atoms with Crippen molar-refractivity contribution < 1.29 is 4.79 Å². The largest absolute Gasteiger partial charge is 0.352 e. The molecule has 0 aliphatic heterocycles. The second kappa shape index (κ2) is 9.53. The van der Waals surface area contributed by atoms with Crippen molar-refractivity contribution in [2.45, 2.75) is 40.3 Å². The molecule has 1 rings (SSSR count). The number of benzene rings is 1. The highest BCUT2D eigenvalue weighted by molar-refractivity contribution is 5.76. The third-order valence-electron chi connectivity index (χ3n) is 3.82. The van der Waals surface area contributed by atoms with Crippen LogP contribution in [0.3, 0.4) is 0 Å². The van der Waals surface area contributed by atoms with Gasteiger partial charge in [0.2, 0.25) is 5.91 Å². The highest BCUT2D eigenvalue weighted by Crippen LogP contribution is 2.12. The zero-order valence-corrected chi connectivity index (χ0v) is 13.6. The number of carbonyl (C=O) groups excluding carboxylic acids is 1. The Morgan fingerprint density at radius 2 is 1.86 bits per heavy atom. The van der Waals surface area contributed by atoms with Crippen LogP contribution in [0.25, 0.3) is 0 Å². The van der Waals surface area contributed by atoms with Crippen molar-refractivity contribution in [2.75, 3.05) is 19.6 Å². The van der Waals surface area contributed by atoms with Gasteiger partial charge in [-0.25, -0.2) is 0 Å². The van der Waals surface area contributed by atoms with E-state index in [-0.39, 0.29) is 11.8 Å². The number of nitrogens with zero attached hydrogens (tertiary/aromatic N) is 1. The Bertz CT molecular complexity index is 430. The Kier molecular flexibility index (Phi) is 8.01. The van der Waals surface area contributed by atoms with Crippen LogP contribution >= 0.6 is 0 Å². The van der Waals surface area contributed by atoms with Crippen molar-refractivity contribution >= 4 is 5.91 Å². The molecule has 0 saturated heterocycles. The molecule has 118 valence electrons.